The SMILES string of the molecule is COCOC(=O)C1=C(SC2CC(C(=O)N(C)C)N(C(=O)OCOC(=O)c3ccccc3)C2)C(C)C2C(C(C)O)C(=O)N12. The highest BCUT2D eigenvalue weighted by atomic mass is 32.2. The Morgan fingerprint density at radius 1 is 1.07 bits per heavy atom. The van der Waals surface area contributed by atoms with Gasteiger partial charge in [0, 0.05) is 43.8 Å². The van der Waals surface area contributed by atoms with Crippen LogP contribution < -0.4 is 0 Å². The van der Waals surface area contributed by atoms with Gasteiger partial charge in [-0.05, 0) is 25.5 Å². The second-order valence-electron chi connectivity index (χ2n) is 10.5. The first-order valence-electron chi connectivity index (χ1n) is 13.4. The number of rotatable bonds is 10. The molecule has 42 heavy (non-hydrogen) atoms. The van der Waals surface area contributed by atoms with Gasteiger partial charge in [-0.25, -0.2) is 14.4 Å². The van der Waals surface area contributed by atoms with E-state index in [9.17, 15) is 29.1 Å². The molecule has 3 aliphatic rings. The van der Waals surface area contributed by atoms with Crippen molar-refractivity contribution in [3.63, 3.8) is 0 Å². The van der Waals surface area contributed by atoms with Gasteiger partial charge in [0.25, 0.3) is 0 Å². The van der Waals surface area contributed by atoms with Gasteiger partial charge >= 0.3 is 18.0 Å². The maximum Gasteiger partial charge on any atom is 0.413 e. The van der Waals surface area contributed by atoms with E-state index in [1.54, 1.807) is 44.4 Å². The lowest BCUT2D eigenvalue weighted by Gasteiger charge is -2.46. The lowest BCUT2D eigenvalue weighted by Crippen LogP contribution is -2.63. The summed E-state index contributed by atoms with van der Waals surface area (Å²) < 4.78 is 20.3. The van der Waals surface area contributed by atoms with Gasteiger partial charge in [0.2, 0.25) is 18.6 Å². The summed E-state index contributed by atoms with van der Waals surface area (Å²) in [7, 11) is 4.52. The monoisotopic (exact) mass is 605 g/mol. The van der Waals surface area contributed by atoms with Gasteiger partial charge in [0.05, 0.1) is 23.6 Å². The third-order valence-corrected chi connectivity index (χ3v) is 9.00. The van der Waals surface area contributed by atoms with Crippen molar-refractivity contribution in [2.75, 3.05) is 41.3 Å². The highest BCUT2D eigenvalue weighted by Crippen LogP contribution is 2.52. The lowest BCUT2D eigenvalue weighted by atomic mass is 9.79. The molecule has 4 rings (SSSR count). The largest absolute Gasteiger partial charge is 0.434 e. The van der Waals surface area contributed by atoms with Crippen molar-refractivity contribution in [3.8, 4) is 0 Å². The van der Waals surface area contributed by atoms with Gasteiger partial charge in [-0.3, -0.25) is 14.5 Å². The predicted octanol–water partition coefficient (Wildman–Crippen LogP) is 1.42. The number of likely N-dealkylation sites (tertiary alicyclic amines) is 1. The van der Waals surface area contributed by atoms with E-state index in [1.807, 2.05) is 6.92 Å². The quantitative estimate of drug-likeness (QED) is 0.234. The smallest absolute Gasteiger partial charge is 0.413 e. The topological polar surface area (TPSA) is 152 Å². The molecule has 14 heteroatoms. The van der Waals surface area contributed by atoms with Crippen molar-refractivity contribution in [1.82, 2.24) is 14.7 Å². The minimum Gasteiger partial charge on any atom is -0.434 e. The van der Waals surface area contributed by atoms with E-state index in [2.05, 4.69) is 0 Å². The molecule has 228 valence electrons. The fourth-order valence-corrected chi connectivity index (χ4v) is 7.04. The number of β-lactam (4-membered cyclic amide) rings is 1. The number of amides is 3. The summed E-state index contributed by atoms with van der Waals surface area (Å²) in [5, 5.41) is 9.87. The maximum absolute atomic E-state index is 13.1. The van der Waals surface area contributed by atoms with Crippen LogP contribution in [0.25, 0.3) is 0 Å². The molecule has 0 aromatic heterocycles. The third kappa shape index (κ3) is 6.10. The Labute approximate surface area is 247 Å². The minimum atomic E-state index is -0.906. The van der Waals surface area contributed by atoms with Crippen LogP contribution in [0.1, 0.15) is 30.6 Å². The van der Waals surface area contributed by atoms with Gasteiger partial charge < -0.3 is 33.9 Å². The van der Waals surface area contributed by atoms with Crippen LogP contribution in [0.2, 0.25) is 0 Å². The molecule has 3 amide bonds. The molecule has 2 fully saturated rings. The molecule has 1 N–H and O–H groups in total. The number of hydrogen-bond donors (Lipinski definition) is 1. The molecule has 13 nitrogen and oxygen atoms in total. The number of fused-ring (bicyclic) bond motifs is 1. The number of aliphatic hydroxyl groups is 1. The summed E-state index contributed by atoms with van der Waals surface area (Å²) >= 11 is 1.29. The molecule has 1 aromatic carbocycles. The molecule has 0 bridgehead atoms. The van der Waals surface area contributed by atoms with E-state index in [-0.39, 0.29) is 48.4 Å². The third-order valence-electron chi connectivity index (χ3n) is 7.51. The van der Waals surface area contributed by atoms with Crippen molar-refractivity contribution in [3.05, 3.63) is 46.5 Å². The van der Waals surface area contributed by atoms with Crippen LogP contribution in [0.4, 0.5) is 4.79 Å². The number of carbonyl (C=O) groups is 5. The summed E-state index contributed by atoms with van der Waals surface area (Å²) in [6, 6.07) is 6.94. The van der Waals surface area contributed by atoms with Crippen LogP contribution in [0, 0.1) is 11.8 Å². The number of hydrogen-bond acceptors (Lipinski definition) is 11. The van der Waals surface area contributed by atoms with Crippen LogP contribution in [0.3, 0.4) is 0 Å². The van der Waals surface area contributed by atoms with Crippen molar-refractivity contribution in [2.24, 2.45) is 11.8 Å². The van der Waals surface area contributed by atoms with Gasteiger partial charge in [-0.2, -0.15) is 0 Å². The van der Waals surface area contributed by atoms with Crippen LogP contribution in [-0.2, 0) is 33.3 Å². The number of aliphatic hydroxyl groups excluding tert-OH is 1. The summed E-state index contributed by atoms with van der Waals surface area (Å²) in [5.74, 6) is -3.06. The number of thioether (sulfide) groups is 1. The Hall–Kier alpha value is -3.62. The summed E-state index contributed by atoms with van der Waals surface area (Å²) in [5.41, 5.74) is 0.382. The highest BCUT2D eigenvalue weighted by molar-refractivity contribution is 8.03. The molecule has 6 atom stereocenters. The number of ether oxygens (including phenoxy) is 4. The molecular weight excluding hydrogens is 570 g/mol. The molecular formula is C28H35N3O10S. The zero-order valence-electron chi connectivity index (χ0n) is 24.1. The lowest BCUT2D eigenvalue weighted by molar-refractivity contribution is -0.167. The summed E-state index contributed by atoms with van der Waals surface area (Å²) in [4.78, 5) is 68.9. The second kappa shape index (κ2) is 13.1. The standard InChI is InChI=1S/C28H35N3O10S/c1-15-21-20(16(2)32)25(34)31(21)22(27(36)39-13-38-5)23(15)42-18-11-19(24(33)29(3)4)30(12-18)28(37)41-14-40-26(35)17-9-7-6-8-10-17/h6-10,15-16,18-21,32H,11-14H2,1-5H3. The molecule has 0 aliphatic carbocycles. The zero-order valence-corrected chi connectivity index (χ0v) is 24.9. The van der Waals surface area contributed by atoms with E-state index in [4.69, 9.17) is 18.9 Å². The molecule has 6 unspecified atom stereocenters. The van der Waals surface area contributed by atoms with Crippen molar-refractivity contribution < 1.29 is 48.0 Å². The number of benzene rings is 1. The number of likely N-dealkylation sites (N-methyl/N-ethyl adjacent to an activating group) is 1. The van der Waals surface area contributed by atoms with E-state index in [0.29, 0.717) is 10.5 Å². The van der Waals surface area contributed by atoms with Crippen molar-refractivity contribution >= 4 is 41.6 Å². The summed E-state index contributed by atoms with van der Waals surface area (Å²) in [6.45, 7) is 2.55. The van der Waals surface area contributed by atoms with Crippen LogP contribution in [-0.4, -0.2) is 114 Å². The molecule has 0 spiro atoms. The molecule has 3 heterocycles. The average Bonchev–Trinajstić information content (AvgIpc) is 3.48. The Morgan fingerprint density at radius 2 is 1.74 bits per heavy atom. The Morgan fingerprint density at radius 3 is 2.36 bits per heavy atom. The summed E-state index contributed by atoms with van der Waals surface area (Å²) in [6.07, 6.45) is -1.49. The Bertz CT molecular complexity index is 1250. The van der Waals surface area contributed by atoms with Crippen LogP contribution in [0.15, 0.2) is 40.9 Å². The first-order chi connectivity index (χ1) is 20.0. The maximum atomic E-state index is 13.1. The van der Waals surface area contributed by atoms with E-state index in [0.717, 1.165) is 0 Å². The minimum absolute atomic E-state index is 0.0841. The average molecular weight is 606 g/mol. The number of nitrogens with zero attached hydrogens (tertiary/aromatic N) is 3. The Kier molecular flexibility index (Phi) is 9.79. The van der Waals surface area contributed by atoms with Crippen molar-refractivity contribution in [2.45, 2.75) is 43.7 Å². The van der Waals surface area contributed by atoms with Gasteiger partial charge in [-0.15, -0.1) is 11.8 Å². The molecule has 1 aromatic rings. The van der Waals surface area contributed by atoms with E-state index in [1.165, 1.54) is 40.5 Å². The first-order valence-corrected chi connectivity index (χ1v) is 14.3. The molecule has 0 saturated carbocycles. The highest BCUT2D eigenvalue weighted by Gasteiger charge is 2.60. The van der Waals surface area contributed by atoms with Crippen LogP contribution in [0.5, 0.6) is 0 Å². The molecule has 2 saturated heterocycles. The molecule has 3 aliphatic heterocycles. The fraction of sp³-hybridized carbons (Fsp3) is 0.536. The second-order valence-corrected chi connectivity index (χ2v) is 11.8. The first kappa shape index (κ1) is 31.3. The van der Waals surface area contributed by atoms with Gasteiger partial charge in [0.1, 0.15) is 11.7 Å². The van der Waals surface area contributed by atoms with Gasteiger partial charge in [0.15, 0.2) is 6.79 Å². The van der Waals surface area contributed by atoms with Gasteiger partial charge in [-0.1, -0.05) is 25.1 Å². The predicted molar refractivity (Wildman–Crippen MR) is 148 cm³/mol. The van der Waals surface area contributed by atoms with Crippen LogP contribution >= 0.6 is 11.8 Å². The zero-order chi connectivity index (χ0) is 30.7. The van der Waals surface area contributed by atoms with E-state index < -0.39 is 48.9 Å². The normalized spacial score (nSPS) is 25.5. The molecule has 0 radical (unpaired) electrons. The number of esters is 2. The Balaban J connectivity index is 1.50. The fourth-order valence-electron chi connectivity index (χ4n) is 5.52. The van der Waals surface area contributed by atoms with Crippen molar-refractivity contribution in [1.29, 1.82) is 0 Å². The number of methoxy groups -OCH3 is 1. The number of carbonyl (C=O) groups excluding carboxylic acids is 5. The van der Waals surface area contributed by atoms with E-state index >= 15 is 0 Å².